The average Bonchev–Trinajstić information content (AvgIpc) is 2.79. The van der Waals surface area contributed by atoms with Gasteiger partial charge in [-0.1, -0.05) is 0 Å². The van der Waals surface area contributed by atoms with Crippen molar-refractivity contribution in [3.63, 3.8) is 0 Å². The minimum atomic E-state index is -4.40. The molecule has 0 aromatic carbocycles. The van der Waals surface area contributed by atoms with Gasteiger partial charge in [0.2, 0.25) is 0 Å². The van der Waals surface area contributed by atoms with Crippen molar-refractivity contribution >= 4 is 12.6 Å². The van der Waals surface area contributed by atoms with Gasteiger partial charge in [0.1, 0.15) is 0 Å². The summed E-state index contributed by atoms with van der Waals surface area (Å²) in [6.45, 7) is 7.39. The molecule has 9 heteroatoms. The van der Waals surface area contributed by atoms with E-state index in [2.05, 4.69) is 5.10 Å². The van der Waals surface area contributed by atoms with Crippen LogP contribution in [0.1, 0.15) is 34.1 Å². The monoisotopic (exact) mass is 320 g/mol. The Morgan fingerprint density at radius 1 is 1.27 bits per heavy atom. The lowest BCUT2D eigenvalue weighted by Gasteiger charge is -2.32. The van der Waals surface area contributed by atoms with Gasteiger partial charge in [0.15, 0.2) is 0 Å². The lowest BCUT2D eigenvalue weighted by molar-refractivity contribution is -0.154. The highest BCUT2D eigenvalue weighted by Crippen LogP contribution is 2.36. The first kappa shape index (κ1) is 17.3. The summed E-state index contributed by atoms with van der Waals surface area (Å²) in [5.41, 5.74) is -0.400. The minimum absolute atomic E-state index is 0.237. The molecule has 0 radical (unpaired) electrons. The molecule has 124 valence electrons. The maximum Gasteiger partial charge on any atom is 0.498 e. The lowest BCUT2D eigenvalue weighted by Crippen LogP contribution is -2.41. The Morgan fingerprint density at radius 3 is 2.32 bits per heavy atom. The Morgan fingerprint density at radius 2 is 1.82 bits per heavy atom. The highest BCUT2D eigenvalue weighted by molar-refractivity contribution is 6.61. The summed E-state index contributed by atoms with van der Waals surface area (Å²) >= 11 is 0. The van der Waals surface area contributed by atoms with Gasteiger partial charge in [0.25, 0.3) is 0 Å². The van der Waals surface area contributed by atoms with Gasteiger partial charge in [-0.15, -0.1) is 0 Å². The van der Waals surface area contributed by atoms with Crippen LogP contribution in [-0.2, 0) is 15.9 Å². The Balaban J connectivity index is 2.01. The zero-order chi connectivity index (χ0) is 16.8. The molecule has 0 aliphatic carbocycles. The minimum Gasteiger partial charge on any atom is -0.399 e. The normalized spacial score (nSPS) is 22.1. The van der Waals surface area contributed by atoms with Crippen molar-refractivity contribution in [1.82, 2.24) is 9.78 Å². The summed E-state index contributed by atoms with van der Waals surface area (Å²) in [5, 5.41) is 13.4. The maximum absolute atomic E-state index is 12.2. The summed E-state index contributed by atoms with van der Waals surface area (Å²) in [5.74, 6) is 0. The van der Waals surface area contributed by atoms with E-state index in [1.807, 2.05) is 27.7 Å². The second-order valence-electron chi connectivity index (χ2n) is 6.56. The largest absolute Gasteiger partial charge is 0.498 e. The van der Waals surface area contributed by atoms with Gasteiger partial charge in [-0.2, -0.15) is 18.3 Å². The molecule has 0 bridgehead atoms. The van der Waals surface area contributed by atoms with Crippen LogP contribution < -0.4 is 5.46 Å². The van der Waals surface area contributed by atoms with Gasteiger partial charge in [-0.05, 0) is 27.7 Å². The van der Waals surface area contributed by atoms with Crippen LogP contribution in [0.5, 0.6) is 0 Å². The summed E-state index contributed by atoms with van der Waals surface area (Å²) in [6.07, 6.45) is -4.20. The van der Waals surface area contributed by atoms with Crippen LogP contribution in [0.3, 0.4) is 0 Å². The fraction of sp³-hybridized carbons (Fsp3) is 0.769. The summed E-state index contributed by atoms with van der Waals surface area (Å²) in [7, 11) is -0.626. The molecule has 1 aliphatic rings. The van der Waals surface area contributed by atoms with Crippen LogP contribution in [0.4, 0.5) is 13.2 Å². The first-order chi connectivity index (χ1) is 9.90. The number of hydrogen-bond acceptors (Lipinski definition) is 4. The molecule has 0 spiro atoms. The van der Waals surface area contributed by atoms with Gasteiger partial charge in [0.05, 0.1) is 30.3 Å². The van der Waals surface area contributed by atoms with Crippen LogP contribution >= 0.6 is 0 Å². The highest BCUT2D eigenvalue weighted by atomic mass is 19.4. The number of alkyl halides is 3. The lowest BCUT2D eigenvalue weighted by atomic mass is 9.82. The van der Waals surface area contributed by atoms with E-state index in [4.69, 9.17) is 9.31 Å². The number of nitrogens with zero attached hydrogens (tertiary/aromatic N) is 2. The van der Waals surface area contributed by atoms with E-state index in [0.717, 1.165) is 0 Å². The number of aliphatic hydroxyl groups excluding tert-OH is 1. The molecule has 1 atom stereocenters. The Labute approximate surface area is 127 Å². The van der Waals surface area contributed by atoms with Gasteiger partial charge in [-0.3, -0.25) is 4.68 Å². The summed E-state index contributed by atoms with van der Waals surface area (Å²) < 4.78 is 49.5. The van der Waals surface area contributed by atoms with E-state index >= 15 is 0 Å². The smallest absolute Gasteiger partial charge is 0.399 e. The first-order valence-electron chi connectivity index (χ1n) is 7.02. The van der Waals surface area contributed by atoms with Crippen molar-refractivity contribution in [2.75, 3.05) is 0 Å². The number of aromatic nitrogens is 2. The van der Waals surface area contributed by atoms with Gasteiger partial charge in [0, 0.05) is 17.9 Å². The standard InChI is InChI=1S/C13H20BF3N2O3/c1-11(2)12(3,4)22-14(21-11)9-6-18-19(7-9)8-10(20)5-13(15,16)17/h6-7,10,20H,5,8H2,1-4H3. The molecule has 1 aliphatic heterocycles. The predicted molar refractivity (Wildman–Crippen MR) is 74.6 cm³/mol. The zero-order valence-electron chi connectivity index (χ0n) is 13.0. The third-order valence-electron chi connectivity index (χ3n) is 4.04. The third kappa shape index (κ3) is 3.82. The predicted octanol–water partition coefficient (Wildman–Crippen LogP) is 1.50. The molecule has 1 saturated heterocycles. The van der Waals surface area contributed by atoms with Crippen molar-refractivity contribution in [2.45, 2.75) is 64.1 Å². The molecule has 2 heterocycles. The molecular formula is C13H20BF3N2O3. The second-order valence-corrected chi connectivity index (χ2v) is 6.56. The summed E-state index contributed by atoms with van der Waals surface area (Å²) in [4.78, 5) is 0. The molecule has 1 N–H and O–H groups in total. The maximum atomic E-state index is 12.2. The molecule has 0 amide bonds. The quantitative estimate of drug-likeness (QED) is 0.854. The number of aliphatic hydroxyl groups is 1. The van der Waals surface area contributed by atoms with E-state index in [9.17, 15) is 18.3 Å². The van der Waals surface area contributed by atoms with Crippen LogP contribution in [0.15, 0.2) is 12.4 Å². The molecule has 2 rings (SSSR count). The van der Waals surface area contributed by atoms with Gasteiger partial charge < -0.3 is 14.4 Å². The summed E-state index contributed by atoms with van der Waals surface area (Å²) in [6, 6.07) is 0. The highest BCUT2D eigenvalue weighted by Gasteiger charge is 2.52. The Kier molecular flexibility index (Phi) is 4.36. The molecule has 5 nitrogen and oxygen atoms in total. The Bertz CT molecular complexity index is 515. The van der Waals surface area contributed by atoms with E-state index in [-0.39, 0.29) is 6.54 Å². The molecule has 1 fully saturated rings. The first-order valence-corrected chi connectivity index (χ1v) is 7.02. The second kappa shape index (κ2) is 5.54. The van der Waals surface area contributed by atoms with Crippen molar-refractivity contribution in [3.8, 4) is 0 Å². The zero-order valence-corrected chi connectivity index (χ0v) is 13.0. The SMILES string of the molecule is CC1(C)OB(c2cnn(CC(O)CC(F)(F)F)c2)OC1(C)C. The van der Waals surface area contributed by atoms with E-state index in [0.29, 0.717) is 5.46 Å². The van der Waals surface area contributed by atoms with E-state index < -0.39 is 37.0 Å². The van der Waals surface area contributed by atoms with Crippen LogP contribution in [0.25, 0.3) is 0 Å². The van der Waals surface area contributed by atoms with Gasteiger partial charge >= 0.3 is 13.3 Å². The van der Waals surface area contributed by atoms with Crippen LogP contribution in [-0.4, -0.2) is 45.5 Å². The van der Waals surface area contributed by atoms with Crippen molar-refractivity contribution in [2.24, 2.45) is 0 Å². The van der Waals surface area contributed by atoms with Crippen molar-refractivity contribution in [1.29, 1.82) is 0 Å². The molecule has 0 saturated carbocycles. The van der Waals surface area contributed by atoms with Crippen molar-refractivity contribution < 1.29 is 27.6 Å². The number of halogens is 3. The average molecular weight is 320 g/mol. The molecule has 1 unspecified atom stereocenters. The number of rotatable bonds is 4. The van der Waals surface area contributed by atoms with Gasteiger partial charge in [-0.25, -0.2) is 0 Å². The van der Waals surface area contributed by atoms with Crippen LogP contribution in [0, 0.1) is 0 Å². The molecule has 1 aromatic rings. The fourth-order valence-electron chi connectivity index (χ4n) is 2.13. The van der Waals surface area contributed by atoms with E-state index in [1.165, 1.54) is 17.1 Å². The fourth-order valence-corrected chi connectivity index (χ4v) is 2.13. The molecule has 1 aromatic heterocycles. The Hall–Kier alpha value is -1.06. The topological polar surface area (TPSA) is 56.5 Å². The van der Waals surface area contributed by atoms with Crippen molar-refractivity contribution in [3.05, 3.63) is 12.4 Å². The van der Waals surface area contributed by atoms with E-state index in [1.54, 1.807) is 0 Å². The third-order valence-corrected chi connectivity index (χ3v) is 4.04. The number of hydrogen-bond donors (Lipinski definition) is 1. The molecular weight excluding hydrogens is 300 g/mol. The van der Waals surface area contributed by atoms with Crippen LogP contribution in [0.2, 0.25) is 0 Å². The molecule has 22 heavy (non-hydrogen) atoms.